The lowest BCUT2D eigenvalue weighted by Crippen LogP contribution is -2.13. The summed E-state index contributed by atoms with van der Waals surface area (Å²) < 4.78 is 0. The van der Waals surface area contributed by atoms with Gasteiger partial charge in [0.2, 0.25) is 0 Å². The summed E-state index contributed by atoms with van der Waals surface area (Å²) in [7, 11) is 0. The molecule has 3 heterocycles. The van der Waals surface area contributed by atoms with Crippen molar-refractivity contribution in [1.29, 1.82) is 0 Å². The maximum absolute atomic E-state index is 4.12. The van der Waals surface area contributed by atoms with Crippen LogP contribution in [0.1, 0.15) is 11.3 Å². The molecule has 0 aliphatic heterocycles. The third kappa shape index (κ3) is 2.69. The number of rotatable bonds is 5. The van der Waals surface area contributed by atoms with Crippen molar-refractivity contribution < 1.29 is 0 Å². The van der Waals surface area contributed by atoms with Crippen LogP contribution in [0.15, 0.2) is 43.0 Å². The van der Waals surface area contributed by atoms with E-state index in [0.717, 1.165) is 35.6 Å². The van der Waals surface area contributed by atoms with Gasteiger partial charge in [-0.15, -0.1) is 0 Å². The first-order chi connectivity index (χ1) is 9.43. The SMILES string of the molecule is c1cncc(-c2[nH]ncc2CNCc2ccn[nH]2)c1. The van der Waals surface area contributed by atoms with Gasteiger partial charge < -0.3 is 5.32 Å². The summed E-state index contributed by atoms with van der Waals surface area (Å²) in [5, 5.41) is 17.3. The predicted octanol–water partition coefficient (Wildman–Crippen LogP) is 1.48. The molecule has 6 heteroatoms. The molecule has 0 fully saturated rings. The molecule has 19 heavy (non-hydrogen) atoms. The topological polar surface area (TPSA) is 82.3 Å². The molecule has 0 saturated carbocycles. The fraction of sp³-hybridized carbons (Fsp3) is 0.154. The van der Waals surface area contributed by atoms with Crippen LogP contribution in [0.3, 0.4) is 0 Å². The van der Waals surface area contributed by atoms with E-state index >= 15 is 0 Å². The van der Waals surface area contributed by atoms with Gasteiger partial charge in [-0.25, -0.2) is 0 Å². The minimum absolute atomic E-state index is 0.736. The van der Waals surface area contributed by atoms with E-state index < -0.39 is 0 Å². The van der Waals surface area contributed by atoms with E-state index in [4.69, 9.17) is 0 Å². The summed E-state index contributed by atoms with van der Waals surface area (Å²) in [6.07, 6.45) is 7.17. The van der Waals surface area contributed by atoms with Gasteiger partial charge in [0.1, 0.15) is 0 Å². The number of pyridine rings is 1. The number of H-pyrrole nitrogens is 2. The van der Waals surface area contributed by atoms with Crippen molar-refractivity contribution in [2.75, 3.05) is 0 Å². The third-order valence-corrected chi connectivity index (χ3v) is 2.86. The maximum Gasteiger partial charge on any atom is 0.0710 e. The minimum atomic E-state index is 0.736. The van der Waals surface area contributed by atoms with E-state index in [1.54, 1.807) is 12.4 Å². The Bertz CT molecular complexity index is 614. The van der Waals surface area contributed by atoms with Gasteiger partial charge in [0.25, 0.3) is 0 Å². The molecule has 0 bridgehead atoms. The second kappa shape index (κ2) is 5.45. The second-order valence-electron chi connectivity index (χ2n) is 4.20. The first-order valence-corrected chi connectivity index (χ1v) is 6.05. The Morgan fingerprint density at radius 2 is 2.00 bits per heavy atom. The number of aromatic amines is 2. The quantitative estimate of drug-likeness (QED) is 0.644. The van der Waals surface area contributed by atoms with Crippen LogP contribution in [0.25, 0.3) is 11.3 Å². The minimum Gasteiger partial charge on any atom is -0.307 e. The molecule has 96 valence electrons. The summed E-state index contributed by atoms with van der Waals surface area (Å²) in [6.45, 7) is 1.48. The van der Waals surface area contributed by atoms with Crippen molar-refractivity contribution >= 4 is 0 Å². The maximum atomic E-state index is 4.12. The first kappa shape index (κ1) is 11.6. The molecular weight excluding hydrogens is 240 g/mol. The lowest BCUT2D eigenvalue weighted by Gasteiger charge is -2.04. The van der Waals surface area contributed by atoms with Gasteiger partial charge in [0.05, 0.1) is 11.9 Å². The molecule has 0 radical (unpaired) electrons. The number of hydrogen-bond donors (Lipinski definition) is 3. The zero-order valence-corrected chi connectivity index (χ0v) is 10.3. The summed E-state index contributed by atoms with van der Waals surface area (Å²) in [4.78, 5) is 4.12. The van der Waals surface area contributed by atoms with Crippen molar-refractivity contribution in [2.45, 2.75) is 13.1 Å². The van der Waals surface area contributed by atoms with Crippen LogP contribution in [0.5, 0.6) is 0 Å². The molecule has 3 N–H and O–H groups in total. The Morgan fingerprint density at radius 1 is 1.00 bits per heavy atom. The highest BCUT2D eigenvalue weighted by molar-refractivity contribution is 5.61. The van der Waals surface area contributed by atoms with Gasteiger partial charge in [-0.05, 0) is 18.2 Å². The molecule has 6 nitrogen and oxygen atoms in total. The van der Waals surface area contributed by atoms with Crippen LogP contribution < -0.4 is 5.32 Å². The van der Waals surface area contributed by atoms with Crippen molar-refractivity contribution in [1.82, 2.24) is 30.7 Å². The smallest absolute Gasteiger partial charge is 0.0710 e. The van der Waals surface area contributed by atoms with Crippen LogP contribution in [-0.4, -0.2) is 25.4 Å². The molecule has 0 atom stereocenters. The lowest BCUT2D eigenvalue weighted by atomic mass is 10.1. The van der Waals surface area contributed by atoms with Gasteiger partial charge in [0.15, 0.2) is 0 Å². The number of nitrogens with one attached hydrogen (secondary N) is 3. The summed E-state index contributed by atoms with van der Waals surface area (Å²) in [5.74, 6) is 0. The zero-order valence-electron chi connectivity index (χ0n) is 10.3. The molecule has 0 saturated heterocycles. The summed E-state index contributed by atoms with van der Waals surface area (Å²) in [5.41, 5.74) is 4.22. The van der Waals surface area contributed by atoms with E-state index in [2.05, 4.69) is 30.7 Å². The van der Waals surface area contributed by atoms with E-state index in [1.807, 2.05) is 30.6 Å². The largest absolute Gasteiger partial charge is 0.307 e. The fourth-order valence-corrected chi connectivity index (χ4v) is 1.92. The second-order valence-corrected chi connectivity index (χ2v) is 4.20. The van der Waals surface area contributed by atoms with E-state index in [0.29, 0.717) is 0 Å². The Balaban J connectivity index is 1.67. The average Bonchev–Trinajstić information content (AvgIpc) is 3.11. The highest BCUT2D eigenvalue weighted by Crippen LogP contribution is 2.19. The molecule has 0 aliphatic rings. The van der Waals surface area contributed by atoms with Gasteiger partial charge >= 0.3 is 0 Å². The molecule has 0 spiro atoms. The van der Waals surface area contributed by atoms with Crippen molar-refractivity contribution in [3.8, 4) is 11.3 Å². The van der Waals surface area contributed by atoms with Crippen LogP contribution in [-0.2, 0) is 13.1 Å². The molecule has 3 aromatic rings. The van der Waals surface area contributed by atoms with Crippen LogP contribution in [0, 0.1) is 0 Å². The predicted molar refractivity (Wildman–Crippen MR) is 71.0 cm³/mol. The molecule has 3 aromatic heterocycles. The Morgan fingerprint density at radius 3 is 2.79 bits per heavy atom. The van der Waals surface area contributed by atoms with Crippen LogP contribution >= 0.6 is 0 Å². The summed E-state index contributed by atoms with van der Waals surface area (Å²) in [6, 6.07) is 5.88. The highest BCUT2D eigenvalue weighted by Gasteiger charge is 2.07. The fourth-order valence-electron chi connectivity index (χ4n) is 1.92. The first-order valence-electron chi connectivity index (χ1n) is 6.05. The number of nitrogens with zero attached hydrogens (tertiary/aromatic N) is 3. The molecular formula is C13H14N6. The average molecular weight is 254 g/mol. The standard InChI is InChI=1S/C13H14N6/c1-2-10(6-14-4-1)13-11(8-17-19-13)7-15-9-12-3-5-16-18-12/h1-6,8,15H,7,9H2,(H,16,18)(H,17,19). The van der Waals surface area contributed by atoms with Crippen molar-refractivity contribution in [3.05, 3.63) is 54.2 Å². The molecule has 0 aliphatic carbocycles. The Hall–Kier alpha value is -2.47. The molecule has 0 unspecified atom stereocenters. The summed E-state index contributed by atoms with van der Waals surface area (Å²) >= 11 is 0. The number of aromatic nitrogens is 5. The van der Waals surface area contributed by atoms with Gasteiger partial charge in [-0.2, -0.15) is 10.2 Å². The van der Waals surface area contributed by atoms with Gasteiger partial charge in [-0.1, -0.05) is 0 Å². The zero-order chi connectivity index (χ0) is 12.9. The third-order valence-electron chi connectivity index (χ3n) is 2.86. The highest BCUT2D eigenvalue weighted by atomic mass is 15.1. The van der Waals surface area contributed by atoms with Crippen LogP contribution in [0.4, 0.5) is 0 Å². The monoisotopic (exact) mass is 254 g/mol. The molecule has 0 amide bonds. The van der Waals surface area contributed by atoms with E-state index in [-0.39, 0.29) is 0 Å². The van der Waals surface area contributed by atoms with Gasteiger partial charge in [-0.3, -0.25) is 15.2 Å². The van der Waals surface area contributed by atoms with E-state index in [9.17, 15) is 0 Å². The molecule has 0 aromatic carbocycles. The van der Waals surface area contributed by atoms with Crippen LogP contribution in [0.2, 0.25) is 0 Å². The Kier molecular flexibility index (Phi) is 3.33. The molecule has 3 rings (SSSR count). The van der Waals surface area contributed by atoms with Gasteiger partial charge in [0, 0.05) is 48.5 Å². The van der Waals surface area contributed by atoms with Crippen molar-refractivity contribution in [3.63, 3.8) is 0 Å². The van der Waals surface area contributed by atoms with E-state index in [1.165, 1.54) is 0 Å². The number of hydrogen-bond acceptors (Lipinski definition) is 4. The van der Waals surface area contributed by atoms with Crippen molar-refractivity contribution in [2.24, 2.45) is 0 Å². The normalized spacial score (nSPS) is 10.7. The lowest BCUT2D eigenvalue weighted by molar-refractivity contribution is 0.678. The Labute approximate surface area is 110 Å².